The summed E-state index contributed by atoms with van der Waals surface area (Å²) in [5, 5.41) is 0. The van der Waals surface area contributed by atoms with E-state index in [1.54, 1.807) is 0 Å². The van der Waals surface area contributed by atoms with Crippen molar-refractivity contribution < 1.29 is 0 Å². The Morgan fingerprint density at radius 3 is 2.00 bits per heavy atom. The van der Waals surface area contributed by atoms with Crippen molar-refractivity contribution >= 4 is 29.2 Å². The molecule has 1 saturated heterocycles. The van der Waals surface area contributed by atoms with Crippen LogP contribution in [0.4, 0.5) is 0 Å². The van der Waals surface area contributed by atoms with E-state index in [2.05, 4.69) is 18.7 Å². The summed E-state index contributed by atoms with van der Waals surface area (Å²) in [6.07, 6.45) is 2.51. The van der Waals surface area contributed by atoms with Gasteiger partial charge >= 0.3 is 0 Å². The Balaban J connectivity index is 2.53. The number of hydrogen-bond acceptors (Lipinski definition) is 2. The minimum absolute atomic E-state index is 0.657. The highest BCUT2D eigenvalue weighted by molar-refractivity contribution is 8.00. The van der Waals surface area contributed by atoms with E-state index >= 15 is 0 Å². The summed E-state index contributed by atoms with van der Waals surface area (Å²) in [6.45, 7) is 6.70. The van der Waals surface area contributed by atoms with Gasteiger partial charge in [-0.1, -0.05) is 31.0 Å². The Morgan fingerprint density at radius 2 is 1.75 bits per heavy atom. The predicted molar refractivity (Wildman–Crippen MR) is 59.1 cm³/mol. The Kier molecular flexibility index (Phi) is 3.72. The van der Waals surface area contributed by atoms with Crippen molar-refractivity contribution in [1.29, 1.82) is 0 Å². The molecule has 1 fully saturated rings. The van der Waals surface area contributed by atoms with Gasteiger partial charge in [0.05, 0.1) is 0 Å². The van der Waals surface area contributed by atoms with Crippen LogP contribution in [0.1, 0.15) is 26.7 Å². The van der Waals surface area contributed by atoms with Crippen LogP contribution in [0.5, 0.6) is 0 Å². The van der Waals surface area contributed by atoms with Crippen LogP contribution in [0.25, 0.3) is 0 Å². The molecule has 3 heteroatoms. The van der Waals surface area contributed by atoms with E-state index in [9.17, 15) is 0 Å². The summed E-state index contributed by atoms with van der Waals surface area (Å²) in [6, 6.07) is 0. The summed E-state index contributed by atoms with van der Waals surface area (Å²) in [5.74, 6) is 1.63. The molecular formula is C9H16NS2-. The maximum Gasteiger partial charge on any atom is 0.0194 e. The fourth-order valence-corrected chi connectivity index (χ4v) is 2.31. The highest BCUT2D eigenvalue weighted by atomic mass is 32.1. The summed E-state index contributed by atoms with van der Waals surface area (Å²) >= 11 is 10.00. The smallest absolute Gasteiger partial charge is 0.0194 e. The molecular weight excluding hydrogens is 186 g/mol. The molecule has 1 heterocycles. The van der Waals surface area contributed by atoms with Gasteiger partial charge in [0.2, 0.25) is 0 Å². The van der Waals surface area contributed by atoms with Crippen LogP contribution in [0.2, 0.25) is 0 Å². The molecule has 0 aromatic rings. The first-order valence-corrected chi connectivity index (χ1v) is 5.46. The second-order valence-corrected chi connectivity index (χ2v) is 4.54. The lowest BCUT2D eigenvalue weighted by Gasteiger charge is -2.22. The molecule has 1 aliphatic heterocycles. The molecule has 1 aliphatic rings. The van der Waals surface area contributed by atoms with Gasteiger partial charge in [-0.3, -0.25) is 0 Å². The van der Waals surface area contributed by atoms with E-state index in [0.29, 0.717) is 4.32 Å². The Bertz CT molecular complexity index is 158. The van der Waals surface area contributed by atoms with Crippen molar-refractivity contribution in [3.05, 3.63) is 0 Å². The molecule has 12 heavy (non-hydrogen) atoms. The summed E-state index contributed by atoms with van der Waals surface area (Å²) in [7, 11) is 0. The van der Waals surface area contributed by atoms with Crippen molar-refractivity contribution in [2.45, 2.75) is 26.7 Å². The first-order valence-electron chi connectivity index (χ1n) is 4.64. The maximum atomic E-state index is 5.00. The first-order chi connectivity index (χ1) is 5.69. The van der Waals surface area contributed by atoms with Gasteiger partial charge in [0.1, 0.15) is 0 Å². The molecule has 2 unspecified atom stereocenters. The third kappa shape index (κ3) is 2.07. The first kappa shape index (κ1) is 10.2. The van der Waals surface area contributed by atoms with Crippen molar-refractivity contribution in [1.82, 2.24) is 4.90 Å². The summed E-state index contributed by atoms with van der Waals surface area (Å²) in [5.41, 5.74) is 0. The lowest BCUT2D eigenvalue weighted by atomic mass is 9.92. The molecule has 0 spiro atoms. The van der Waals surface area contributed by atoms with Crippen molar-refractivity contribution in [3.8, 4) is 0 Å². The normalized spacial score (nSPS) is 29.3. The van der Waals surface area contributed by atoms with Gasteiger partial charge < -0.3 is 29.7 Å². The highest BCUT2D eigenvalue weighted by Gasteiger charge is 2.28. The standard InChI is InChI=1S/C9H17NS2/c1-3-7-5-10(9(11)12)6-8(7)4-2/h7-8H,3-6H2,1-2H3,(H,11,12)/p-1. The quantitative estimate of drug-likeness (QED) is 0.499. The van der Waals surface area contributed by atoms with Crippen molar-refractivity contribution in [2.75, 3.05) is 13.1 Å². The number of thiocarbonyl (C=S) groups is 1. The molecule has 70 valence electrons. The molecule has 1 nitrogen and oxygen atoms in total. The lowest BCUT2D eigenvalue weighted by molar-refractivity contribution is 0.397. The minimum atomic E-state index is 0.657. The number of rotatable bonds is 2. The fourth-order valence-electron chi connectivity index (χ4n) is 2.01. The molecule has 1 rings (SSSR count). The summed E-state index contributed by atoms with van der Waals surface area (Å²) < 4.78 is 0.657. The second-order valence-electron chi connectivity index (χ2n) is 3.51. The average Bonchev–Trinajstić information content (AvgIpc) is 2.46. The third-order valence-corrected chi connectivity index (χ3v) is 3.40. The molecule has 0 aromatic heterocycles. The van der Waals surface area contributed by atoms with Crippen LogP contribution < -0.4 is 0 Å². The monoisotopic (exact) mass is 202 g/mol. The topological polar surface area (TPSA) is 3.24 Å². The molecule has 0 N–H and O–H groups in total. The maximum absolute atomic E-state index is 5.00. The van der Waals surface area contributed by atoms with Gasteiger partial charge in [-0.15, -0.1) is 0 Å². The van der Waals surface area contributed by atoms with Crippen LogP contribution in [-0.4, -0.2) is 22.3 Å². The van der Waals surface area contributed by atoms with E-state index in [1.165, 1.54) is 12.8 Å². The number of likely N-dealkylation sites (tertiary alicyclic amines) is 1. The van der Waals surface area contributed by atoms with Crippen LogP contribution in [0.3, 0.4) is 0 Å². The van der Waals surface area contributed by atoms with Crippen molar-refractivity contribution in [2.24, 2.45) is 11.8 Å². The van der Waals surface area contributed by atoms with Crippen LogP contribution in [0.15, 0.2) is 0 Å². The molecule has 0 radical (unpaired) electrons. The van der Waals surface area contributed by atoms with Gasteiger partial charge in [-0.25, -0.2) is 0 Å². The molecule has 2 atom stereocenters. The number of hydrogen-bond donors (Lipinski definition) is 0. The zero-order valence-corrected chi connectivity index (χ0v) is 9.38. The van der Waals surface area contributed by atoms with E-state index in [4.69, 9.17) is 24.8 Å². The zero-order valence-electron chi connectivity index (χ0n) is 7.75. The number of nitrogens with zero attached hydrogens (tertiary/aromatic N) is 1. The zero-order chi connectivity index (χ0) is 9.14. The van der Waals surface area contributed by atoms with Crippen molar-refractivity contribution in [3.63, 3.8) is 0 Å². The average molecular weight is 202 g/mol. The van der Waals surface area contributed by atoms with E-state index in [1.807, 2.05) is 0 Å². The largest absolute Gasteiger partial charge is 0.411 e. The summed E-state index contributed by atoms with van der Waals surface area (Å²) in [4.78, 5) is 2.17. The fraction of sp³-hybridized carbons (Fsp3) is 0.889. The van der Waals surface area contributed by atoms with Gasteiger partial charge in [0.15, 0.2) is 0 Å². The van der Waals surface area contributed by atoms with Crippen LogP contribution >= 0.6 is 12.2 Å². The van der Waals surface area contributed by atoms with Gasteiger partial charge in [0.25, 0.3) is 0 Å². The SMILES string of the molecule is CCC1CN(C(=S)[S-])CC1CC. The Hall–Kier alpha value is 0.110. The van der Waals surface area contributed by atoms with Gasteiger partial charge in [-0.2, -0.15) is 0 Å². The van der Waals surface area contributed by atoms with E-state index in [0.717, 1.165) is 24.9 Å². The minimum Gasteiger partial charge on any atom is -0.411 e. The Morgan fingerprint density at radius 1 is 1.33 bits per heavy atom. The molecule has 0 aliphatic carbocycles. The molecule has 0 aromatic carbocycles. The molecule has 0 saturated carbocycles. The van der Waals surface area contributed by atoms with Crippen LogP contribution in [0, 0.1) is 11.8 Å². The highest BCUT2D eigenvalue weighted by Crippen LogP contribution is 2.28. The van der Waals surface area contributed by atoms with E-state index < -0.39 is 0 Å². The predicted octanol–water partition coefficient (Wildman–Crippen LogP) is 2.19. The molecule has 0 bridgehead atoms. The lowest BCUT2D eigenvalue weighted by Crippen LogP contribution is -2.25. The Labute approximate surface area is 85.9 Å². The molecule has 0 amide bonds. The van der Waals surface area contributed by atoms with Crippen LogP contribution in [-0.2, 0) is 12.6 Å². The van der Waals surface area contributed by atoms with Gasteiger partial charge in [-0.05, 0) is 11.8 Å². The second kappa shape index (κ2) is 4.38. The third-order valence-electron chi connectivity index (χ3n) is 2.88. The van der Waals surface area contributed by atoms with Gasteiger partial charge in [0, 0.05) is 13.1 Å². The van der Waals surface area contributed by atoms with E-state index in [-0.39, 0.29) is 0 Å².